The van der Waals surface area contributed by atoms with Crippen molar-refractivity contribution in [2.75, 3.05) is 7.05 Å². The maximum atomic E-state index is 11.4. The Morgan fingerprint density at radius 3 is 2.71 bits per heavy atom. The van der Waals surface area contributed by atoms with E-state index in [4.69, 9.17) is 21.9 Å². The van der Waals surface area contributed by atoms with Crippen molar-refractivity contribution in [1.29, 1.82) is 0 Å². The second-order valence-electron chi connectivity index (χ2n) is 4.92. The van der Waals surface area contributed by atoms with Crippen LogP contribution in [0.4, 0.5) is 0 Å². The first-order chi connectivity index (χ1) is 10.0. The quantitative estimate of drug-likeness (QED) is 0.506. The third-order valence-corrected chi connectivity index (χ3v) is 3.72. The van der Waals surface area contributed by atoms with Crippen LogP contribution in [0.15, 0.2) is 41.0 Å². The summed E-state index contributed by atoms with van der Waals surface area (Å²) in [5, 5.41) is 0.720. The third-order valence-electron chi connectivity index (χ3n) is 3.47. The average molecular weight is 308 g/mol. The molecule has 0 saturated heterocycles. The van der Waals surface area contributed by atoms with Crippen LogP contribution in [0.3, 0.4) is 0 Å². The number of hydrogen-bond acceptors (Lipinski definition) is 4. The smallest absolute Gasteiger partial charge is 0.268 e. The van der Waals surface area contributed by atoms with Crippen molar-refractivity contribution in [1.82, 2.24) is 10.3 Å². The van der Waals surface area contributed by atoms with Gasteiger partial charge < -0.3 is 4.42 Å². The number of carbonyl (C=O) groups excluding carboxylic acids is 1. The van der Waals surface area contributed by atoms with Crippen molar-refractivity contribution in [2.45, 2.75) is 19.5 Å². The molecule has 3 N–H and O–H groups in total. The van der Waals surface area contributed by atoms with Crippen LogP contribution in [0, 0.1) is 0 Å². The van der Waals surface area contributed by atoms with Gasteiger partial charge in [-0.15, -0.1) is 0 Å². The second-order valence-corrected chi connectivity index (χ2v) is 5.35. The van der Waals surface area contributed by atoms with Gasteiger partial charge in [-0.1, -0.05) is 23.7 Å². The lowest BCUT2D eigenvalue weighted by Gasteiger charge is -2.24. The topological polar surface area (TPSA) is 71.5 Å². The molecule has 1 heterocycles. The van der Waals surface area contributed by atoms with Crippen molar-refractivity contribution in [2.24, 2.45) is 5.84 Å². The van der Waals surface area contributed by atoms with Crippen LogP contribution in [0.25, 0.3) is 0 Å². The molecule has 1 aromatic carbocycles. The minimum Gasteiger partial charge on any atom is -0.467 e. The van der Waals surface area contributed by atoms with Crippen LogP contribution < -0.4 is 11.3 Å². The number of rotatable bonds is 5. The summed E-state index contributed by atoms with van der Waals surface area (Å²) in [5.41, 5.74) is 3.65. The zero-order valence-electron chi connectivity index (χ0n) is 12.0. The minimum atomic E-state index is -0.363. The van der Waals surface area contributed by atoms with Crippen LogP contribution in [-0.2, 0) is 6.54 Å². The highest BCUT2D eigenvalue weighted by Crippen LogP contribution is 2.22. The van der Waals surface area contributed by atoms with E-state index < -0.39 is 0 Å². The molecule has 1 amide bonds. The maximum Gasteiger partial charge on any atom is 0.268 e. The maximum absolute atomic E-state index is 11.4. The van der Waals surface area contributed by atoms with Crippen LogP contribution in [0.2, 0.25) is 5.02 Å². The summed E-state index contributed by atoms with van der Waals surface area (Å²) >= 11 is 5.90. The molecule has 112 valence electrons. The van der Waals surface area contributed by atoms with Gasteiger partial charge in [0.25, 0.3) is 5.91 Å². The van der Waals surface area contributed by atoms with Gasteiger partial charge in [-0.2, -0.15) is 0 Å². The van der Waals surface area contributed by atoms with E-state index in [2.05, 4.69) is 17.2 Å². The highest BCUT2D eigenvalue weighted by molar-refractivity contribution is 6.30. The molecule has 1 atom stereocenters. The third kappa shape index (κ3) is 3.85. The van der Waals surface area contributed by atoms with E-state index in [9.17, 15) is 4.79 Å². The normalized spacial score (nSPS) is 12.4. The lowest BCUT2D eigenvalue weighted by atomic mass is 10.1. The van der Waals surface area contributed by atoms with Crippen LogP contribution >= 0.6 is 11.6 Å². The van der Waals surface area contributed by atoms with E-state index in [0.717, 1.165) is 10.6 Å². The number of halogens is 1. The molecular weight excluding hydrogens is 290 g/mol. The molecule has 2 rings (SSSR count). The second kappa shape index (κ2) is 6.76. The average Bonchev–Trinajstić information content (AvgIpc) is 2.95. The molecule has 1 aromatic heterocycles. The molecule has 21 heavy (non-hydrogen) atoms. The fraction of sp³-hybridized carbons (Fsp3) is 0.267. The predicted molar refractivity (Wildman–Crippen MR) is 81.7 cm³/mol. The molecule has 0 spiro atoms. The first kappa shape index (κ1) is 15.6. The summed E-state index contributed by atoms with van der Waals surface area (Å²) in [6.45, 7) is 2.68. The Hall–Kier alpha value is -1.82. The molecule has 6 heteroatoms. The van der Waals surface area contributed by atoms with E-state index >= 15 is 0 Å². The number of hydrogen-bond donors (Lipinski definition) is 2. The fourth-order valence-electron chi connectivity index (χ4n) is 2.04. The molecule has 5 nitrogen and oxygen atoms in total. The predicted octanol–water partition coefficient (Wildman–Crippen LogP) is 2.73. The van der Waals surface area contributed by atoms with E-state index in [1.807, 2.05) is 31.3 Å². The Kier molecular flexibility index (Phi) is 5.01. The Labute approximate surface area is 128 Å². The molecule has 0 aliphatic heterocycles. The Balaban J connectivity index is 2.03. The first-order valence-electron chi connectivity index (χ1n) is 6.55. The number of carbonyl (C=O) groups is 1. The lowest BCUT2D eigenvalue weighted by Crippen LogP contribution is -2.29. The molecule has 0 radical (unpaired) electrons. The van der Waals surface area contributed by atoms with Crippen molar-refractivity contribution >= 4 is 17.5 Å². The van der Waals surface area contributed by atoms with Gasteiger partial charge in [-0.05, 0) is 37.7 Å². The van der Waals surface area contributed by atoms with Crippen molar-refractivity contribution in [3.8, 4) is 0 Å². The summed E-state index contributed by atoms with van der Waals surface area (Å²) in [4.78, 5) is 13.5. The number of nitrogens with one attached hydrogen (secondary N) is 1. The molecule has 0 aliphatic carbocycles. The molecule has 0 fully saturated rings. The summed E-state index contributed by atoms with van der Waals surface area (Å²) in [7, 11) is 1.99. The minimum absolute atomic E-state index is 0.194. The number of nitrogens with two attached hydrogens (primary N) is 1. The van der Waals surface area contributed by atoms with Crippen molar-refractivity contribution in [3.05, 3.63) is 58.5 Å². The van der Waals surface area contributed by atoms with Gasteiger partial charge in [0.05, 0.1) is 12.1 Å². The van der Waals surface area contributed by atoms with Crippen LogP contribution in [0.5, 0.6) is 0 Å². The van der Waals surface area contributed by atoms with Gasteiger partial charge in [-0.25, -0.2) is 5.84 Å². The van der Waals surface area contributed by atoms with E-state index in [-0.39, 0.29) is 11.9 Å². The Morgan fingerprint density at radius 2 is 2.10 bits per heavy atom. The number of nitrogens with zero attached hydrogens (tertiary/aromatic N) is 1. The summed E-state index contributed by atoms with van der Waals surface area (Å²) in [5.74, 6) is 5.43. The van der Waals surface area contributed by atoms with Gasteiger partial charge in [0, 0.05) is 11.1 Å². The molecule has 0 aliphatic rings. The zero-order chi connectivity index (χ0) is 15.4. The molecular formula is C15H18ClN3O2. The molecule has 1 unspecified atom stereocenters. The number of hydrazine groups is 1. The first-order valence-corrected chi connectivity index (χ1v) is 6.93. The Bertz CT molecular complexity index is 610. The van der Waals surface area contributed by atoms with E-state index in [1.165, 1.54) is 6.26 Å². The standard InChI is InChI=1S/C15H18ClN3O2/c1-10(11-3-5-13(16)6-4-11)19(2)8-14-7-12(9-21-14)15(20)18-17/h3-7,9-10H,8,17H2,1-2H3,(H,18,20). The zero-order valence-corrected chi connectivity index (χ0v) is 12.7. The van der Waals surface area contributed by atoms with Gasteiger partial charge >= 0.3 is 0 Å². The lowest BCUT2D eigenvalue weighted by molar-refractivity contribution is 0.0953. The summed E-state index contributed by atoms with van der Waals surface area (Å²) < 4.78 is 5.38. The number of benzene rings is 1. The molecule has 2 aromatic rings. The van der Waals surface area contributed by atoms with E-state index in [0.29, 0.717) is 17.9 Å². The summed E-state index contributed by atoms with van der Waals surface area (Å²) in [6, 6.07) is 9.62. The number of amides is 1. The van der Waals surface area contributed by atoms with Gasteiger partial charge in [0.2, 0.25) is 0 Å². The molecule has 0 saturated carbocycles. The SMILES string of the molecule is CC(c1ccc(Cl)cc1)N(C)Cc1cc(C(=O)NN)co1. The van der Waals surface area contributed by atoms with E-state index in [1.54, 1.807) is 6.07 Å². The largest absolute Gasteiger partial charge is 0.467 e. The van der Waals surface area contributed by atoms with Crippen LogP contribution in [0.1, 0.15) is 34.6 Å². The number of nitrogen functional groups attached to an aromatic ring is 1. The number of furan rings is 1. The highest BCUT2D eigenvalue weighted by atomic mass is 35.5. The van der Waals surface area contributed by atoms with Crippen molar-refractivity contribution in [3.63, 3.8) is 0 Å². The van der Waals surface area contributed by atoms with Gasteiger partial charge in [0.1, 0.15) is 12.0 Å². The Morgan fingerprint density at radius 1 is 1.43 bits per heavy atom. The van der Waals surface area contributed by atoms with Crippen molar-refractivity contribution < 1.29 is 9.21 Å². The monoisotopic (exact) mass is 307 g/mol. The molecule has 0 bridgehead atoms. The summed E-state index contributed by atoms with van der Waals surface area (Å²) in [6.07, 6.45) is 1.40. The fourth-order valence-corrected chi connectivity index (χ4v) is 2.17. The van der Waals surface area contributed by atoms with Crippen LogP contribution in [-0.4, -0.2) is 17.9 Å². The van der Waals surface area contributed by atoms with Gasteiger partial charge in [0.15, 0.2) is 0 Å². The van der Waals surface area contributed by atoms with Gasteiger partial charge in [-0.3, -0.25) is 15.1 Å². The highest BCUT2D eigenvalue weighted by Gasteiger charge is 2.15.